The molecular formula is C14H18N2OS. The van der Waals surface area contributed by atoms with Crippen molar-refractivity contribution in [2.24, 2.45) is 7.05 Å². The number of hydrogen-bond acceptors (Lipinski definition) is 3. The summed E-state index contributed by atoms with van der Waals surface area (Å²) in [7, 11) is 1.89. The molecule has 0 saturated heterocycles. The molecular weight excluding hydrogens is 244 g/mol. The topological polar surface area (TPSA) is 38.1 Å². The summed E-state index contributed by atoms with van der Waals surface area (Å²) in [4.78, 5) is 1.21. The molecule has 96 valence electrons. The Labute approximate surface area is 112 Å². The first-order valence-corrected chi connectivity index (χ1v) is 6.97. The van der Waals surface area contributed by atoms with E-state index in [2.05, 4.69) is 30.2 Å². The van der Waals surface area contributed by atoms with Crippen LogP contribution < -0.4 is 0 Å². The standard InChI is InChI=1S/C14H18N2OS/c1-11-4-3-5-14(6-11)18-10-13(17)7-12-8-15-16(2)9-12/h3-6,8-9,13,17H,7,10H2,1-2H3. The van der Waals surface area contributed by atoms with E-state index in [1.54, 1.807) is 22.6 Å². The van der Waals surface area contributed by atoms with Crippen LogP contribution in [-0.2, 0) is 13.5 Å². The van der Waals surface area contributed by atoms with Crippen LogP contribution in [0.2, 0.25) is 0 Å². The summed E-state index contributed by atoms with van der Waals surface area (Å²) in [6.45, 7) is 2.08. The molecule has 1 unspecified atom stereocenters. The van der Waals surface area contributed by atoms with Gasteiger partial charge in [0.25, 0.3) is 0 Å². The summed E-state index contributed by atoms with van der Waals surface area (Å²) in [5.74, 6) is 0.707. The van der Waals surface area contributed by atoms with E-state index in [0.29, 0.717) is 12.2 Å². The van der Waals surface area contributed by atoms with Crippen molar-refractivity contribution in [1.29, 1.82) is 0 Å². The van der Waals surface area contributed by atoms with Gasteiger partial charge in [-0.1, -0.05) is 17.7 Å². The second-order valence-corrected chi connectivity index (χ2v) is 5.60. The molecule has 0 aliphatic heterocycles. The third kappa shape index (κ3) is 3.89. The van der Waals surface area contributed by atoms with E-state index in [-0.39, 0.29) is 6.10 Å². The average molecular weight is 262 g/mol. The van der Waals surface area contributed by atoms with Gasteiger partial charge in [0.15, 0.2) is 0 Å². The lowest BCUT2D eigenvalue weighted by Crippen LogP contribution is -2.13. The van der Waals surface area contributed by atoms with Crippen LogP contribution in [0.15, 0.2) is 41.6 Å². The molecule has 1 atom stereocenters. The fourth-order valence-electron chi connectivity index (χ4n) is 1.81. The minimum absolute atomic E-state index is 0.334. The third-order valence-corrected chi connectivity index (χ3v) is 3.80. The lowest BCUT2D eigenvalue weighted by Gasteiger charge is -2.09. The maximum atomic E-state index is 9.98. The van der Waals surface area contributed by atoms with Crippen LogP contribution in [0.1, 0.15) is 11.1 Å². The van der Waals surface area contributed by atoms with Gasteiger partial charge >= 0.3 is 0 Å². The van der Waals surface area contributed by atoms with Crippen molar-refractivity contribution in [3.8, 4) is 0 Å². The van der Waals surface area contributed by atoms with Crippen LogP contribution >= 0.6 is 11.8 Å². The molecule has 0 saturated carbocycles. The number of aliphatic hydroxyl groups is 1. The highest BCUT2D eigenvalue weighted by Gasteiger charge is 2.08. The largest absolute Gasteiger partial charge is 0.392 e. The second-order valence-electron chi connectivity index (χ2n) is 4.51. The molecule has 18 heavy (non-hydrogen) atoms. The predicted molar refractivity (Wildman–Crippen MR) is 74.8 cm³/mol. The summed E-state index contributed by atoms with van der Waals surface area (Å²) >= 11 is 1.69. The van der Waals surface area contributed by atoms with Crippen molar-refractivity contribution in [1.82, 2.24) is 9.78 Å². The Morgan fingerprint density at radius 1 is 1.44 bits per heavy atom. The zero-order chi connectivity index (χ0) is 13.0. The number of rotatable bonds is 5. The quantitative estimate of drug-likeness (QED) is 0.841. The first kappa shape index (κ1) is 13.2. The maximum absolute atomic E-state index is 9.98. The van der Waals surface area contributed by atoms with Gasteiger partial charge in [-0.25, -0.2) is 0 Å². The number of aryl methyl sites for hydroxylation is 2. The van der Waals surface area contributed by atoms with Crippen LogP contribution in [-0.4, -0.2) is 26.7 Å². The number of hydrogen-bond donors (Lipinski definition) is 1. The summed E-state index contributed by atoms with van der Waals surface area (Å²) in [6, 6.07) is 8.34. The van der Waals surface area contributed by atoms with Crippen LogP contribution in [0.25, 0.3) is 0 Å². The highest BCUT2D eigenvalue weighted by molar-refractivity contribution is 7.99. The van der Waals surface area contributed by atoms with Gasteiger partial charge in [0, 0.05) is 30.3 Å². The van der Waals surface area contributed by atoms with Crippen LogP contribution in [0.3, 0.4) is 0 Å². The molecule has 0 fully saturated rings. The zero-order valence-electron chi connectivity index (χ0n) is 10.7. The molecule has 0 radical (unpaired) electrons. The molecule has 1 aromatic carbocycles. The van der Waals surface area contributed by atoms with Crippen LogP contribution in [0, 0.1) is 6.92 Å². The molecule has 2 rings (SSSR count). The Balaban J connectivity index is 1.83. The van der Waals surface area contributed by atoms with Gasteiger partial charge in [-0.05, 0) is 24.6 Å². The monoisotopic (exact) mass is 262 g/mol. The minimum Gasteiger partial charge on any atom is -0.392 e. The first-order valence-electron chi connectivity index (χ1n) is 5.98. The molecule has 0 aliphatic rings. The highest BCUT2D eigenvalue weighted by atomic mass is 32.2. The molecule has 1 aromatic heterocycles. The van der Waals surface area contributed by atoms with E-state index in [9.17, 15) is 5.11 Å². The molecule has 2 aromatic rings. The number of nitrogens with zero attached hydrogens (tertiary/aromatic N) is 2. The summed E-state index contributed by atoms with van der Waals surface area (Å²) in [5.41, 5.74) is 2.33. The van der Waals surface area contributed by atoms with Gasteiger partial charge in [0.05, 0.1) is 12.3 Å². The Morgan fingerprint density at radius 3 is 2.94 bits per heavy atom. The van der Waals surface area contributed by atoms with Crippen molar-refractivity contribution in [3.63, 3.8) is 0 Å². The van der Waals surface area contributed by atoms with Crippen molar-refractivity contribution < 1.29 is 5.11 Å². The molecule has 4 heteroatoms. The molecule has 0 aliphatic carbocycles. The lowest BCUT2D eigenvalue weighted by atomic mass is 10.2. The summed E-state index contributed by atoms with van der Waals surface area (Å²) in [5, 5.41) is 14.1. The fourth-order valence-corrected chi connectivity index (χ4v) is 2.75. The second kappa shape index (κ2) is 6.07. The van der Waals surface area contributed by atoms with Crippen molar-refractivity contribution in [3.05, 3.63) is 47.8 Å². The Morgan fingerprint density at radius 2 is 2.28 bits per heavy atom. The zero-order valence-corrected chi connectivity index (χ0v) is 11.5. The third-order valence-electron chi connectivity index (χ3n) is 2.66. The van der Waals surface area contributed by atoms with E-state index in [4.69, 9.17) is 0 Å². The number of aliphatic hydroxyl groups excluding tert-OH is 1. The van der Waals surface area contributed by atoms with E-state index in [1.165, 1.54) is 10.5 Å². The number of aromatic nitrogens is 2. The van der Waals surface area contributed by atoms with Gasteiger partial charge < -0.3 is 5.11 Å². The van der Waals surface area contributed by atoms with Crippen LogP contribution in [0.5, 0.6) is 0 Å². The molecule has 0 spiro atoms. The maximum Gasteiger partial charge on any atom is 0.0675 e. The minimum atomic E-state index is -0.334. The smallest absolute Gasteiger partial charge is 0.0675 e. The van der Waals surface area contributed by atoms with Crippen molar-refractivity contribution in [2.45, 2.75) is 24.3 Å². The van der Waals surface area contributed by atoms with Gasteiger partial charge in [0.1, 0.15) is 0 Å². The average Bonchev–Trinajstić information content (AvgIpc) is 2.72. The number of thioether (sulfide) groups is 1. The molecule has 0 amide bonds. The number of benzene rings is 1. The fraction of sp³-hybridized carbons (Fsp3) is 0.357. The molecule has 1 heterocycles. The Kier molecular flexibility index (Phi) is 4.44. The Hall–Kier alpha value is -1.26. The molecule has 1 N–H and O–H groups in total. The van der Waals surface area contributed by atoms with Gasteiger partial charge in [-0.2, -0.15) is 5.10 Å². The van der Waals surface area contributed by atoms with Gasteiger partial charge in [0.2, 0.25) is 0 Å². The van der Waals surface area contributed by atoms with Crippen molar-refractivity contribution in [2.75, 3.05) is 5.75 Å². The summed E-state index contributed by atoms with van der Waals surface area (Å²) < 4.78 is 1.76. The molecule has 0 bridgehead atoms. The van der Waals surface area contributed by atoms with Crippen molar-refractivity contribution >= 4 is 11.8 Å². The normalized spacial score (nSPS) is 12.6. The van der Waals surface area contributed by atoms with E-state index in [0.717, 1.165) is 5.56 Å². The van der Waals surface area contributed by atoms with Crippen LogP contribution in [0.4, 0.5) is 0 Å². The first-order chi connectivity index (χ1) is 8.63. The predicted octanol–water partition coefficient (Wildman–Crippen LogP) is 2.42. The SMILES string of the molecule is Cc1cccc(SCC(O)Cc2cnn(C)c2)c1. The van der Waals surface area contributed by atoms with E-state index in [1.807, 2.05) is 19.3 Å². The summed E-state index contributed by atoms with van der Waals surface area (Å²) in [6.07, 6.45) is 4.08. The lowest BCUT2D eigenvalue weighted by molar-refractivity contribution is 0.200. The van der Waals surface area contributed by atoms with Gasteiger partial charge in [-0.3, -0.25) is 4.68 Å². The van der Waals surface area contributed by atoms with E-state index < -0.39 is 0 Å². The van der Waals surface area contributed by atoms with E-state index >= 15 is 0 Å². The Bertz CT molecular complexity index is 510. The highest BCUT2D eigenvalue weighted by Crippen LogP contribution is 2.20. The van der Waals surface area contributed by atoms with Gasteiger partial charge in [-0.15, -0.1) is 11.8 Å². The molecule has 3 nitrogen and oxygen atoms in total.